The van der Waals surface area contributed by atoms with Crippen LogP contribution in [0.25, 0.3) is 10.8 Å². The summed E-state index contributed by atoms with van der Waals surface area (Å²) in [6, 6.07) is 6.08. The van der Waals surface area contributed by atoms with Crippen LogP contribution in [0.1, 0.15) is 12.0 Å². The summed E-state index contributed by atoms with van der Waals surface area (Å²) in [6.07, 6.45) is 8.41. The predicted octanol–water partition coefficient (Wildman–Crippen LogP) is 2.82. The first-order valence-corrected chi connectivity index (χ1v) is 7.09. The van der Waals surface area contributed by atoms with Gasteiger partial charge in [-0.3, -0.25) is 0 Å². The summed E-state index contributed by atoms with van der Waals surface area (Å²) in [7, 11) is 0. The third kappa shape index (κ3) is 2.81. The summed E-state index contributed by atoms with van der Waals surface area (Å²) in [5.74, 6) is 0.893. The average Bonchev–Trinajstić information content (AvgIpc) is 3.01. The van der Waals surface area contributed by atoms with Crippen molar-refractivity contribution in [3.63, 3.8) is 0 Å². The van der Waals surface area contributed by atoms with Crippen molar-refractivity contribution in [1.29, 1.82) is 0 Å². The Labute approximate surface area is 123 Å². The molecule has 2 heterocycles. The molecule has 5 heteroatoms. The van der Waals surface area contributed by atoms with E-state index in [0.29, 0.717) is 0 Å². The molecule has 1 aromatic carbocycles. The van der Waals surface area contributed by atoms with Crippen LogP contribution in [0.3, 0.4) is 0 Å². The van der Waals surface area contributed by atoms with E-state index in [1.165, 1.54) is 0 Å². The molecule has 0 aliphatic carbocycles. The van der Waals surface area contributed by atoms with Gasteiger partial charge in [-0.2, -0.15) is 0 Å². The number of anilines is 2. The Morgan fingerprint density at radius 2 is 2.10 bits per heavy atom. The van der Waals surface area contributed by atoms with Crippen LogP contribution >= 0.6 is 0 Å². The van der Waals surface area contributed by atoms with Gasteiger partial charge in [0.15, 0.2) is 0 Å². The van der Waals surface area contributed by atoms with Gasteiger partial charge in [0.05, 0.1) is 6.33 Å². The van der Waals surface area contributed by atoms with E-state index in [2.05, 4.69) is 25.9 Å². The first-order valence-electron chi connectivity index (χ1n) is 7.09. The molecule has 5 nitrogen and oxygen atoms in total. The number of pyridine rings is 1. The fourth-order valence-corrected chi connectivity index (χ4v) is 2.42. The number of fused-ring (bicyclic) bond motifs is 1. The van der Waals surface area contributed by atoms with Gasteiger partial charge in [-0.05, 0) is 25.0 Å². The second-order valence-electron chi connectivity index (χ2n) is 5.13. The number of nitrogens with zero attached hydrogens (tertiary/aromatic N) is 3. The fraction of sp³-hybridized carbons (Fsp3) is 0.250. The summed E-state index contributed by atoms with van der Waals surface area (Å²) < 4.78 is 2.07. The average molecular weight is 281 g/mol. The van der Waals surface area contributed by atoms with E-state index in [1.54, 1.807) is 12.4 Å². The number of imidazole rings is 1. The van der Waals surface area contributed by atoms with Gasteiger partial charge in [0.1, 0.15) is 5.82 Å². The Bertz CT molecular complexity index is 734. The van der Waals surface area contributed by atoms with Gasteiger partial charge in [0.2, 0.25) is 0 Å². The molecule has 0 amide bonds. The topological polar surface area (TPSA) is 68.8 Å². The molecule has 0 saturated heterocycles. The lowest BCUT2D eigenvalue weighted by atomic mass is 10.1. The highest BCUT2D eigenvalue weighted by atomic mass is 15.0. The molecule has 3 aromatic rings. The molecular weight excluding hydrogens is 262 g/mol. The van der Waals surface area contributed by atoms with Gasteiger partial charge < -0.3 is 15.6 Å². The second kappa shape index (κ2) is 5.83. The van der Waals surface area contributed by atoms with E-state index < -0.39 is 0 Å². The lowest BCUT2D eigenvalue weighted by Gasteiger charge is -2.11. The third-order valence-electron chi connectivity index (χ3n) is 3.65. The van der Waals surface area contributed by atoms with Crippen LogP contribution in [0.5, 0.6) is 0 Å². The summed E-state index contributed by atoms with van der Waals surface area (Å²) in [6.45, 7) is 3.82. The Hall–Kier alpha value is -2.56. The van der Waals surface area contributed by atoms with E-state index >= 15 is 0 Å². The Morgan fingerprint density at radius 3 is 2.90 bits per heavy atom. The maximum absolute atomic E-state index is 6.14. The summed E-state index contributed by atoms with van der Waals surface area (Å²) in [5, 5.41) is 5.53. The zero-order valence-electron chi connectivity index (χ0n) is 12.1. The van der Waals surface area contributed by atoms with Crippen molar-refractivity contribution in [3.05, 3.63) is 48.7 Å². The lowest BCUT2D eigenvalue weighted by Crippen LogP contribution is -2.07. The molecule has 0 saturated carbocycles. The van der Waals surface area contributed by atoms with Crippen molar-refractivity contribution in [1.82, 2.24) is 14.5 Å². The lowest BCUT2D eigenvalue weighted by molar-refractivity contribution is 0.660. The number of hydrogen-bond donors (Lipinski definition) is 2. The minimum atomic E-state index is 0.830. The number of aromatic nitrogens is 3. The molecule has 0 atom stereocenters. The number of benzene rings is 1. The molecule has 0 spiro atoms. The molecule has 0 unspecified atom stereocenters. The normalized spacial score (nSPS) is 10.9. The van der Waals surface area contributed by atoms with Crippen LogP contribution in [0.15, 0.2) is 43.1 Å². The molecular formula is C16H19N5. The Morgan fingerprint density at radius 1 is 1.19 bits per heavy atom. The van der Waals surface area contributed by atoms with E-state index in [0.717, 1.165) is 47.4 Å². The van der Waals surface area contributed by atoms with Gasteiger partial charge >= 0.3 is 0 Å². The van der Waals surface area contributed by atoms with Crippen molar-refractivity contribution in [2.24, 2.45) is 0 Å². The van der Waals surface area contributed by atoms with E-state index in [-0.39, 0.29) is 0 Å². The summed E-state index contributed by atoms with van der Waals surface area (Å²) in [5.41, 5.74) is 8.07. The van der Waals surface area contributed by atoms with Crippen LogP contribution in [0, 0.1) is 6.92 Å². The van der Waals surface area contributed by atoms with Crippen molar-refractivity contribution >= 4 is 22.3 Å². The summed E-state index contributed by atoms with van der Waals surface area (Å²) in [4.78, 5) is 8.46. The predicted molar refractivity (Wildman–Crippen MR) is 86.2 cm³/mol. The second-order valence-corrected chi connectivity index (χ2v) is 5.13. The van der Waals surface area contributed by atoms with Crippen LogP contribution in [0.2, 0.25) is 0 Å². The molecule has 108 valence electrons. The van der Waals surface area contributed by atoms with Crippen molar-refractivity contribution < 1.29 is 0 Å². The highest BCUT2D eigenvalue weighted by Gasteiger charge is 2.06. The van der Waals surface area contributed by atoms with E-state index in [9.17, 15) is 0 Å². The molecule has 0 aliphatic rings. The fourth-order valence-electron chi connectivity index (χ4n) is 2.42. The SMILES string of the molecule is Cc1ccc2c(NCCCn3ccnc3)nccc2c1N. The third-order valence-corrected chi connectivity index (χ3v) is 3.65. The number of nitrogen functional groups attached to an aromatic ring is 1. The molecule has 3 rings (SSSR count). The molecule has 3 N–H and O–H groups in total. The van der Waals surface area contributed by atoms with Crippen LogP contribution in [-0.4, -0.2) is 21.1 Å². The van der Waals surface area contributed by atoms with Gasteiger partial charge in [0.25, 0.3) is 0 Å². The molecule has 2 aromatic heterocycles. The molecule has 0 radical (unpaired) electrons. The smallest absolute Gasteiger partial charge is 0.133 e. The van der Waals surface area contributed by atoms with Crippen LogP contribution in [0.4, 0.5) is 11.5 Å². The van der Waals surface area contributed by atoms with Gasteiger partial charge in [-0.15, -0.1) is 0 Å². The number of nitrogens with one attached hydrogen (secondary N) is 1. The highest BCUT2D eigenvalue weighted by molar-refractivity contribution is 6.00. The largest absolute Gasteiger partial charge is 0.398 e. The number of nitrogens with two attached hydrogens (primary N) is 1. The Balaban J connectivity index is 1.71. The number of rotatable bonds is 5. The molecule has 0 aliphatic heterocycles. The van der Waals surface area contributed by atoms with Crippen molar-refractivity contribution in [2.45, 2.75) is 19.9 Å². The van der Waals surface area contributed by atoms with Gasteiger partial charge in [-0.25, -0.2) is 9.97 Å². The van der Waals surface area contributed by atoms with E-state index in [1.807, 2.05) is 31.6 Å². The highest BCUT2D eigenvalue weighted by Crippen LogP contribution is 2.28. The minimum absolute atomic E-state index is 0.830. The maximum atomic E-state index is 6.14. The van der Waals surface area contributed by atoms with Gasteiger partial charge in [-0.1, -0.05) is 12.1 Å². The van der Waals surface area contributed by atoms with Crippen molar-refractivity contribution in [2.75, 3.05) is 17.6 Å². The first kappa shape index (κ1) is 13.4. The Kier molecular flexibility index (Phi) is 3.73. The van der Waals surface area contributed by atoms with Crippen LogP contribution in [-0.2, 0) is 6.54 Å². The van der Waals surface area contributed by atoms with Gasteiger partial charge in [0, 0.05) is 48.1 Å². The molecule has 0 bridgehead atoms. The summed E-state index contributed by atoms with van der Waals surface area (Å²) >= 11 is 0. The molecule has 0 fully saturated rings. The zero-order chi connectivity index (χ0) is 14.7. The van der Waals surface area contributed by atoms with Crippen molar-refractivity contribution in [3.8, 4) is 0 Å². The maximum Gasteiger partial charge on any atom is 0.133 e. The monoisotopic (exact) mass is 281 g/mol. The quantitative estimate of drug-likeness (QED) is 0.557. The number of aryl methyl sites for hydroxylation is 2. The standard InChI is InChI=1S/C16H19N5/c1-12-3-4-14-13(15(12)17)5-7-20-16(14)19-6-2-9-21-10-8-18-11-21/h3-5,7-8,10-11H,2,6,9,17H2,1H3,(H,19,20). The van der Waals surface area contributed by atoms with Crippen LogP contribution < -0.4 is 11.1 Å². The van der Waals surface area contributed by atoms with E-state index in [4.69, 9.17) is 5.73 Å². The number of hydrogen-bond acceptors (Lipinski definition) is 4. The zero-order valence-corrected chi connectivity index (χ0v) is 12.1. The molecule has 21 heavy (non-hydrogen) atoms. The minimum Gasteiger partial charge on any atom is -0.398 e. The first-order chi connectivity index (χ1) is 10.3.